The number of hydrogen-bond acceptors (Lipinski definition) is 4. The molecule has 2 amide bonds. The predicted octanol–water partition coefficient (Wildman–Crippen LogP) is 2.68. The number of ether oxygens (including phenoxy) is 1. The molecule has 1 heterocycles. The molecule has 1 aliphatic heterocycles. The van der Waals surface area contributed by atoms with Gasteiger partial charge in [0.2, 0.25) is 0 Å². The minimum Gasteiger partial charge on any atom is -0.450 e. The second-order valence-electron chi connectivity index (χ2n) is 7.20. The summed E-state index contributed by atoms with van der Waals surface area (Å²) >= 11 is 0. The molecule has 0 atom stereocenters. The number of nitrogens with zero attached hydrogens (tertiary/aromatic N) is 3. The second-order valence-corrected chi connectivity index (χ2v) is 7.20. The van der Waals surface area contributed by atoms with Gasteiger partial charge in [-0.1, -0.05) is 12.1 Å². The van der Waals surface area contributed by atoms with Gasteiger partial charge in [0.25, 0.3) is 5.91 Å². The van der Waals surface area contributed by atoms with E-state index in [0.717, 1.165) is 30.9 Å². The molecule has 1 aromatic carbocycles. The average molecular weight is 531 g/mol. The monoisotopic (exact) mass is 531 g/mol. The van der Waals surface area contributed by atoms with Crippen molar-refractivity contribution in [2.75, 3.05) is 40.3 Å². The van der Waals surface area contributed by atoms with Gasteiger partial charge in [-0.05, 0) is 44.4 Å². The summed E-state index contributed by atoms with van der Waals surface area (Å²) in [4.78, 5) is 31.8. The molecule has 9 heteroatoms. The fraction of sp³-hybridized carbons (Fsp3) is 0.571. The highest BCUT2D eigenvalue weighted by Crippen LogP contribution is 2.12. The van der Waals surface area contributed by atoms with Crippen LogP contribution in [0.3, 0.4) is 0 Å². The highest BCUT2D eigenvalue weighted by atomic mass is 127. The number of hydrogen-bond donors (Lipinski definition) is 2. The molecule has 0 aliphatic carbocycles. The highest BCUT2D eigenvalue weighted by Gasteiger charge is 2.24. The maximum Gasteiger partial charge on any atom is 0.409 e. The van der Waals surface area contributed by atoms with Gasteiger partial charge in [0.15, 0.2) is 5.96 Å². The zero-order valence-electron chi connectivity index (χ0n) is 18.3. The van der Waals surface area contributed by atoms with Crippen LogP contribution in [0.15, 0.2) is 29.3 Å². The number of benzene rings is 1. The molecule has 1 saturated heterocycles. The summed E-state index contributed by atoms with van der Waals surface area (Å²) in [5.41, 5.74) is 1.70. The highest BCUT2D eigenvalue weighted by molar-refractivity contribution is 14.0. The van der Waals surface area contributed by atoms with Crippen LogP contribution < -0.4 is 10.6 Å². The normalized spacial score (nSPS) is 14.5. The summed E-state index contributed by atoms with van der Waals surface area (Å²) in [6.07, 6.45) is 1.47. The van der Waals surface area contributed by atoms with Gasteiger partial charge in [-0.2, -0.15) is 0 Å². The van der Waals surface area contributed by atoms with E-state index in [1.54, 1.807) is 23.9 Å². The van der Waals surface area contributed by atoms with Gasteiger partial charge in [0, 0.05) is 45.3 Å². The molecule has 1 fully saturated rings. The molecule has 1 aromatic rings. The van der Waals surface area contributed by atoms with Crippen LogP contribution in [0.5, 0.6) is 0 Å². The van der Waals surface area contributed by atoms with Gasteiger partial charge in [-0.25, -0.2) is 9.79 Å². The lowest BCUT2D eigenvalue weighted by Gasteiger charge is -2.32. The third-order valence-corrected chi connectivity index (χ3v) is 4.73. The number of carbonyl (C=O) groups is 2. The van der Waals surface area contributed by atoms with Crippen LogP contribution in [0.1, 0.15) is 42.6 Å². The third-order valence-electron chi connectivity index (χ3n) is 4.73. The van der Waals surface area contributed by atoms with Crippen LogP contribution >= 0.6 is 24.0 Å². The number of likely N-dealkylation sites (tertiary alicyclic amines) is 1. The van der Waals surface area contributed by atoms with Crippen molar-refractivity contribution < 1.29 is 14.3 Å². The van der Waals surface area contributed by atoms with Crippen LogP contribution in [0, 0.1) is 0 Å². The van der Waals surface area contributed by atoms with E-state index in [0.29, 0.717) is 31.8 Å². The first-order valence-electron chi connectivity index (χ1n) is 10.2. The molecule has 0 bridgehead atoms. The lowest BCUT2D eigenvalue weighted by atomic mass is 10.1. The largest absolute Gasteiger partial charge is 0.450 e. The van der Waals surface area contributed by atoms with Crippen molar-refractivity contribution in [2.24, 2.45) is 4.99 Å². The first-order valence-corrected chi connectivity index (χ1v) is 10.2. The molecular formula is C21H34IN5O3. The number of halogens is 1. The van der Waals surface area contributed by atoms with Gasteiger partial charge >= 0.3 is 6.09 Å². The Morgan fingerprint density at radius 1 is 1.17 bits per heavy atom. The van der Waals surface area contributed by atoms with E-state index < -0.39 is 0 Å². The van der Waals surface area contributed by atoms with Crippen LogP contribution in [-0.2, 0) is 11.3 Å². The maximum atomic E-state index is 12.0. The molecule has 0 aromatic heterocycles. The minimum absolute atomic E-state index is 0. The topological polar surface area (TPSA) is 86.3 Å². The van der Waals surface area contributed by atoms with Crippen molar-refractivity contribution in [3.8, 4) is 0 Å². The van der Waals surface area contributed by atoms with Gasteiger partial charge < -0.3 is 25.2 Å². The zero-order valence-corrected chi connectivity index (χ0v) is 20.6. The van der Waals surface area contributed by atoms with Crippen LogP contribution in [0.25, 0.3) is 0 Å². The summed E-state index contributed by atoms with van der Waals surface area (Å²) in [6, 6.07) is 7.79. The number of amides is 2. The molecule has 0 spiro atoms. The Bertz CT molecular complexity index is 701. The van der Waals surface area contributed by atoms with Crippen LogP contribution in [0.2, 0.25) is 0 Å². The van der Waals surface area contributed by atoms with Crippen molar-refractivity contribution in [2.45, 2.75) is 39.3 Å². The quantitative estimate of drug-likeness (QED) is 0.335. The second kappa shape index (κ2) is 13.3. The van der Waals surface area contributed by atoms with E-state index in [1.807, 2.05) is 38.1 Å². The molecule has 0 radical (unpaired) electrons. The molecule has 30 heavy (non-hydrogen) atoms. The lowest BCUT2D eigenvalue weighted by Crippen LogP contribution is -2.49. The van der Waals surface area contributed by atoms with E-state index in [-0.39, 0.29) is 42.0 Å². The predicted molar refractivity (Wildman–Crippen MR) is 129 cm³/mol. The van der Waals surface area contributed by atoms with Gasteiger partial charge in [0.05, 0.1) is 13.2 Å². The standard InChI is InChI=1S/C21H33N5O3.HI/c1-5-22-20(24-18-11-13-26(14-12-18)21(28)29-6-2)23-15-16-7-9-17(10-8-16)19(27)25(3)4;/h7-10,18H,5-6,11-15H2,1-4H3,(H2,22,23,24);1H. The summed E-state index contributed by atoms with van der Waals surface area (Å²) < 4.78 is 5.07. The Labute approximate surface area is 196 Å². The van der Waals surface area contributed by atoms with E-state index in [9.17, 15) is 9.59 Å². The lowest BCUT2D eigenvalue weighted by molar-refractivity contribution is 0.0827. The van der Waals surface area contributed by atoms with Crippen molar-refractivity contribution in [1.29, 1.82) is 0 Å². The number of nitrogens with one attached hydrogen (secondary N) is 2. The molecule has 168 valence electrons. The molecule has 2 N–H and O–H groups in total. The van der Waals surface area contributed by atoms with Crippen molar-refractivity contribution in [3.63, 3.8) is 0 Å². The number of aliphatic imine (C=N–C) groups is 1. The van der Waals surface area contributed by atoms with Gasteiger partial charge in [-0.3, -0.25) is 4.79 Å². The zero-order chi connectivity index (χ0) is 21.2. The molecule has 8 nitrogen and oxygen atoms in total. The van der Waals surface area contributed by atoms with E-state index >= 15 is 0 Å². The van der Waals surface area contributed by atoms with Gasteiger partial charge in [0.1, 0.15) is 0 Å². The molecule has 0 saturated carbocycles. The summed E-state index contributed by atoms with van der Waals surface area (Å²) in [7, 11) is 3.48. The fourth-order valence-corrected chi connectivity index (χ4v) is 3.12. The SMILES string of the molecule is CCNC(=NCc1ccc(C(=O)N(C)C)cc1)NC1CCN(C(=O)OCC)CC1.I. The Morgan fingerprint density at radius 3 is 2.33 bits per heavy atom. The van der Waals surface area contributed by atoms with Crippen molar-refractivity contribution >= 4 is 41.9 Å². The minimum atomic E-state index is -0.234. The smallest absolute Gasteiger partial charge is 0.409 e. The van der Waals surface area contributed by atoms with Crippen LogP contribution in [-0.4, -0.2) is 74.1 Å². The fourth-order valence-electron chi connectivity index (χ4n) is 3.12. The average Bonchev–Trinajstić information content (AvgIpc) is 2.72. The summed E-state index contributed by atoms with van der Waals surface area (Å²) in [6.45, 7) is 6.89. The number of carbonyl (C=O) groups excluding carboxylic acids is 2. The molecule has 2 rings (SSSR count). The van der Waals surface area contributed by atoms with E-state index in [1.165, 1.54) is 0 Å². The molecule has 0 unspecified atom stereocenters. The first-order chi connectivity index (χ1) is 13.9. The maximum absolute atomic E-state index is 12.0. The van der Waals surface area contributed by atoms with Gasteiger partial charge in [-0.15, -0.1) is 24.0 Å². The number of guanidine groups is 1. The summed E-state index contributed by atoms with van der Waals surface area (Å²) in [5, 5.41) is 6.73. The van der Waals surface area contributed by atoms with E-state index in [4.69, 9.17) is 4.74 Å². The third kappa shape index (κ3) is 8.00. The Hall–Kier alpha value is -2.04. The van der Waals surface area contributed by atoms with E-state index in [2.05, 4.69) is 15.6 Å². The number of rotatable bonds is 6. The Morgan fingerprint density at radius 2 is 1.80 bits per heavy atom. The van der Waals surface area contributed by atoms with Crippen molar-refractivity contribution in [1.82, 2.24) is 20.4 Å². The molecular weight excluding hydrogens is 497 g/mol. The Kier molecular flexibility index (Phi) is 11.5. The van der Waals surface area contributed by atoms with Crippen LogP contribution in [0.4, 0.5) is 4.79 Å². The first kappa shape index (κ1) is 26.0. The molecule has 1 aliphatic rings. The summed E-state index contributed by atoms with van der Waals surface area (Å²) in [5.74, 6) is 0.750. The van der Waals surface area contributed by atoms with Crippen molar-refractivity contribution in [3.05, 3.63) is 35.4 Å². The number of piperidine rings is 1. The Balaban J connectivity index is 0.00000450.